The number of hydrogen-bond donors (Lipinski definition) is 0. The Morgan fingerprint density at radius 3 is 2.39 bits per heavy atom. The second-order valence-corrected chi connectivity index (χ2v) is 5.76. The molecule has 0 aromatic carbocycles. The predicted molar refractivity (Wildman–Crippen MR) is 68.1 cm³/mol. The number of ether oxygens (including phenoxy) is 4. The van der Waals surface area contributed by atoms with E-state index in [2.05, 4.69) is 13.8 Å². The number of methoxy groups -OCH3 is 3. The van der Waals surface area contributed by atoms with Gasteiger partial charge >= 0.3 is 0 Å². The minimum atomic E-state index is -0.177. The quantitative estimate of drug-likeness (QED) is 0.726. The van der Waals surface area contributed by atoms with Gasteiger partial charge in [-0.1, -0.05) is 13.3 Å². The van der Waals surface area contributed by atoms with Gasteiger partial charge in [-0.2, -0.15) is 0 Å². The first-order valence-corrected chi connectivity index (χ1v) is 6.83. The average Bonchev–Trinajstić information content (AvgIpc) is 2.64. The van der Waals surface area contributed by atoms with Gasteiger partial charge < -0.3 is 18.9 Å². The van der Waals surface area contributed by atoms with E-state index in [4.69, 9.17) is 18.9 Å². The zero-order valence-corrected chi connectivity index (χ0v) is 12.1. The van der Waals surface area contributed by atoms with E-state index in [-0.39, 0.29) is 24.1 Å². The number of fused-ring (bicyclic) bond motifs is 1. The third-order valence-corrected chi connectivity index (χ3v) is 5.05. The molecular weight excluding hydrogens is 232 g/mol. The predicted octanol–water partition coefficient (Wildman–Crippen LogP) is 2.42. The highest BCUT2D eigenvalue weighted by atomic mass is 16.7. The first-order chi connectivity index (χ1) is 8.59. The van der Waals surface area contributed by atoms with E-state index < -0.39 is 0 Å². The van der Waals surface area contributed by atoms with Crippen LogP contribution in [0.25, 0.3) is 0 Å². The first-order valence-electron chi connectivity index (χ1n) is 6.83. The van der Waals surface area contributed by atoms with Crippen molar-refractivity contribution in [2.45, 2.75) is 51.8 Å². The van der Waals surface area contributed by atoms with Crippen LogP contribution in [0.5, 0.6) is 0 Å². The van der Waals surface area contributed by atoms with Gasteiger partial charge in [0.25, 0.3) is 0 Å². The molecule has 18 heavy (non-hydrogen) atoms. The number of hydrogen-bond acceptors (Lipinski definition) is 4. The molecule has 1 saturated carbocycles. The summed E-state index contributed by atoms with van der Waals surface area (Å²) in [5.74, 6) is 0.843. The maximum atomic E-state index is 6.00. The minimum absolute atomic E-state index is 0.0247. The summed E-state index contributed by atoms with van der Waals surface area (Å²) in [7, 11) is 5.15. The van der Waals surface area contributed by atoms with Gasteiger partial charge in [0.2, 0.25) is 0 Å². The molecule has 0 aromatic heterocycles. The lowest BCUT2D eigenvalue weighted by molar-refractivity contribution is -0.224. The van der Waals surface area contributed by atoms with Crippen LogP contribution in [0.1, 0.15) is 33.1 Å². The summed E-state index contributed by atoms with van der Waals surface area (Å²) in [4.78, 5) is 0. The Balaban J connectivity index is 2.30. The van der Waals surface area contributed by atoms with E-state index in [0.717, 1.165) is 6.42 Å². The van der Waals surface area contributed by atoms with Crippen molar-refractivity contribution in [2.75, 3.05) is 21.3 Å². The molecule has 0 spiro atoms. The molecule has 1 aliphatic heterocycles. The fraction of sp³-hybridized carbons (Fsp3) is 1.00. The Bertz CT molecular complexity index is 279. The van der Waals surface area contributed by atoms with Gasteiger partial charge in [-0.3, -0.25) is 0 Å². The van der Waals surface area contributed by atoms with Crippen LogP contribution in [-0.2, 0) is 18.9 Å². The van der Waals surface area contributed by atoms with Gasteiger partial charge in [0.05, 0.1) is 6.10 Å². The Morgan fingerprint density at radius 1 is 1.17 bits per heavy atom. The Labute approximate surface area is 110 Å². The molecule has 0 bridgehead atoms. The number of rotatable bonds is 4. The molecule has 2 fully saturated rings. The van der Waals surface area contributed by atoms with E-state index in [0.29, 0.717) is 11.8 Å². The van der Waals surface area contributed by atoms with Crippen molar-refractivity contribution in [1.82, 2.24) is 0 Å². The molecule has 5 atom stereocenters. The van der Waals surface area contributed by atoms with Crippen LogP contribution in [0.2, 0.25) is 0 Å². The van der Waals surface area contributed by atoms with Crippen LogP contribution in [0.4, 0.5) is 0 Å². The van der Waals surface area contributed by atoms with Crippen LogP contribution in [0.15, 0.2) is 0 Å². The summed E-state index contributed by atoms with van der Waals surface area (Å²) in [6.45, 7) is 4.42. The van der Waals surface area contributed by atoms with Crippen LogP contribution >= 0.6 is 0 Å². The largest absolute Gasteiger partial charge is 0.356 e. The molecule has 0 radical (unpaired) electrons. The summed E-state index contributed by atoms with van der Waals surface area (Å²) in [6, 6.07) is 0. The van der Waals surface area contributed by atoms with Crippen LogP contribution < -0.4 is 0 Å². The van der Waals surface area contributed by atoms with Gasteiger partial charge in [-0.15, -0.1) is 0 Å². The molecule has 4 nitrogen and oxygen atoms in total. The van der Waals surface area contributed by atoms with E-state index >= 15 is 0 Å². The van der Waals surface area contributed by atoms with E-state index in [1.54, 1.807) is 21.3 Å². The second kappa shape index (κ2) is 5.45. The Morgan fingerprint density at radius 2 is 1.83 bits per heavy atom. The van der Waals surface area contributed by atoms with Crippen LogP contribution in [0.3, 0.4) is 0 Å². The van der Waals surface area contributed by atoms with Gasteiger partial charge in [-0.05, 0) is 25.7 Å². The lowest BCUT2D eigenvalue weighted by atomic mass is 9.60. The molecule has 106 valence electrons. The Kier molecular flexibility index (Phi) is 4.32. The standard InChI is InChI=1S/C14H26O4/c1-9-10-7-6-8-11(12(15-3)16-4)14(10,2)13(17-5)18-9/h9-13H,6-8H2,1-5H3/t9-,10-,11?,13?,14+/m1/s1. The first kappa shape index (κ1) is 14.3. The molecule has 2 aliphatic rings. The topological polar surface area (TPSA) is 36.9 Å². The van der Waals surface area contributed by atoms with E-state index in [9.17, 15) is 0 Å². The summed E-state index contributed by atoms with van der Waals surface area (Å²) >= 11 is 0. The van der Waals surface area contributed by atoms with Crippen molar-refractivity contribution in [1.29, 1.82) is 0 Å². The maximum absolute atomic E-state index is 6.00. The van der Waals surface area contributed by atoms with Crippen molar-refractivity contribution in [2.24, 2.45) is 17.3 Å². The summed E-state index contributed by atoms with van der Waals surface area (Å²) in [6.07, 6.45) is 3.43. The molecule has 0 N–H and O–H groups in total. The molecule has 2 rings (SSSR count). The molecule has 1 heterocycles. The Hall–Kier alpha value is -0.160. The van der Waals surface area contributed by atoms with Crippen molar-refractivity contribution < 1.29 is 18.9 Å². The summed E-state index contributed by atoms with van der Waals surface area (Å²) < 4.78 is 22.6. The highest BCUT2D eigenvalue weighted by Crippen LogP contribution is 2.56. The molecule has 0 amide bonds. The molecule has 2 unspecified atom stereocenters. The smallest absolute Gasteiger partial charge is 0.163 e. The van der Waals surface area contributed by atoms with Gasteiger partial charge in [0, 0.05) is 32.7 Å². The van der Waals surface area contributed by atoms with Crippen molar-refractivity contribution in [3.63, 3.8) is 0 Å². The van der Waals surface area contributed by atoms with Gasteiger partial charge in [-0.25, -0.2) is 0 Å². The van der Waals surface area contributed by atoms with Crippen molar-refractivity contribution in [3.05, 3.63) is 0 Å². The average molecular weight is 258 g/mol. The normalized spacial score (nSPS) is 44.3. The molecule has 0 aromatic rings. The monoisotopic (exact) mass is 258 g/mol. The second-order valence-electron chi connectivity index (χ2n) is 5.76. The third-order valence-electron chi connectivity index (χ3n) is 5.05. The molecular formula is C14H26O4. The molecule has 1 saturated heterocycles. The maximum Gasteiger partial charge on any atom is 0.163 e. The fourth-order valence-corrected chi connectivity index (χ4v) is 4.14. The van der Waals surface area contributed by atoms with Gasteiger partial charge in [0.15, 0.2) is 12.6 Å². The van der Waals surface area contributed by atoms with E-state index in [1.807, 2.05) is 0 Å². The minimum Gasteiger partial charge on any atom is -0.356 e. The zero-order valence-electron chi connectivity index (χ0n) is 12.1. The highest BCUT2D eigenvalue weighted by Gasteiger charge is 2.59. The SMILES string of the molecule is COC(OC)C1CCC[C@@H]2[C@@H](C)OC(OC)[C@]12C. The van der Waals surface area contributed by atoms with Crippen molar-refractivity contribution in [3.8, 4) is 0 Å². The highest BCUT2D eigenvalue weighted by molar-refractivity contribution is 5.02. The molecule has 4 heteroatoms. The van der Waals surface area contributed by atoms with Crippen LogP contribution in [-0.4, -0.2) is 40.0 Å². The van der Waals surface area contributed by atoms with Gasteiger partial charge in [0.1, 0.15) is 0 Å². The fourth-order valence-electron chi connectivity index (χ4n) is 4.14. The van der Waals surface area contributed by atoms with Crippen LogP contribution in [0, 0.1) is 17.3 Å². The lowest BCUT2D eigenvalue weighted by Crippen LogP contribution is -2.50. The lowest BCUT2D eigenvalue weighted by Gasteiger charge is -2.47. The van der Waals surface area contributed by atoms with E-state index in [1.165, 1.54) is 12.8 Å². The molecule has 1 aliphatic carbocycles. The third kappa shape index (κ3) is 1.99. The summed E-state index contributed by atoms with van der Waals surface area (Å²) in [5.41, 5.74) is -0.0247. The zero-order chi connectivity index (χ0) is 13.3. The van der Waals surface area contributed by atoms with Crippen molar-refractivity contribution >= 4 is 0 Å². The summed E-state index contributed by atoms with van der Waals surface area (Å²) in [5, 5.41) is 0.